The van der Waals surface area contributed by atoms with Gasteiger partial charge in [0.2, 0.25) is 0 Å². The largest absolute Gasteiger partial charge is 0.389 e. The highest BCUT2D eigenvalue weighted by atomic mass is 16.5. The molecule has 23 heavy (non-hydrogen) atoms. The van der Waals surface area contributed by atoms with Gasteiger partial charge >= 0.3 is 0 Å². The summed E-state index contributed by atoms with van der Waals surface area (Å²) in [6.07, 6.45) is -0.843. The smallest absolute Gasteiger partial charge is 0.109 e. The Labute approximate surface area is 139 Å². The molecular formula is C20H27NO2. The first kappa shape index (κ1) is 17.7. The van der Waals surface area contributed by atoms with Gasteiger partial charge in [0.25, 0.3) is 0 Å². The second-order valence-corrected chi connectivity index (χ2v) is 6.21. The number of ether oxygens (including phenoxy) is 1. The van der Waals surface area contributed by atoms with Gasteiger partial charge in [0.1, 0.15) is 6.10 Å². The van der Waals surface area contributed by atoms with Crippen LogP contribution in [0.2, 0.25) is 0 Å². The van der Waals surface area contributed by atoms with E-state index in [0.29, 0.717) is 0 Å². The first-order valence-corrected chi connectivity index (χ1v) is 8.07. The molecule has 2 aromatic rings. The Morgan fingerprint density at radius 1 is 0.870 bits per heavy atom. The summed E-state index contributed by atoms with van der Waals surface area (Å²) in [6, 6.07) is 12.5. The van der Waals surface area contributed by atoms with Gasteiger partial charge in [-0.25, -0.2) is 0 Å². The molecule has 0 saturated heterocycles. The highest BCUT2D eigenvalue weighted by Crippen LogP contribution is 2.34. The van der Waals surface area contributed by atoms with Crippen LogP contribution in [0.3, 0.4) is 0 Å². The van der Waals surface area contributed by atoms with Crippen molar-refractivity contribution in [3.05, 3.63) is 69.8 Å². The van der Waals surface area contributed by atoms with Gasteiger partial charge in [-0.15, -0.1) is 0 Å². The molecule has 0 aromatic heterocycles. The molecule has 1 atom stereocenters. The Kier molecular flexibility index (Phi) is 5.94. The van der Waals surface area contributed by atoms with Gasteiger partial charge in [0, 0.05) is 6.54 Å². The minimum Gasteiger partial charge on any atom is -0.389 e. The molecule has 0 spiro atoms. The predicted octanol–water partition coefficient (Wildman–Crippen LogP) is 3.35. The minimum atomic E-state index is -0.647. The molecular weight excluding hydrogens is 286 g/mol. The second kappa shape index (κ2) is 7.73. The Bertz CT molecular complexity index is 575. The summed E-state index contributed by atoms with van der Waals surface area (Å²) in [4.78, 5) is 0. The molecule has 0 aliphatic heterocycles. The molecule has 0 bridgehead atoms. The topological polar surface area (TPSA) is 55.5 Å². The van der Waals surface area contributed by atoms with Gasteiger partial charge < -0.3 is 15.6 Å². The van der Waals surface area contributed by atoms with Crippen LogP contribution in [0.15, 0.2) is 36.4 Å². The number of hydrogen-bond donors (Lipinski definition) is 2. The maximum atomic E-state index is 9.83. The van der Waals surface area contributed by atoms with E-state index in [0.717, 1.165) is 0 Å². The van der Waals surface area contributed by atoms with Gasteiger partial charge in [-0.3, -0.25) is 0 Å². The molecule has 1 unspecified atom stereocenters. The molecule has 2 aromatic carbocycles. The van der Waals surface area contributed by atoms with E-state index in [2.05, 4.69) is 64.1 Å². The highest BCUT2D eigenvalue weighted by molar-refractivity contribution is 5.46. The summed E-state index contributed by atoms with van der Waals surface area (Å²) in [5.74, 6) is 0. The fourth-order valence-electron chi connectivity index (χ4n) is 3.07. The van der Waals surface area contributed by atoms with Crippen LogP contribution in [0.1, 0.15) is 39.5 Å². The molecule has 2 rings (SSSR count). The van der Waals surface area contributed by atoms with Gasteiger partial charge in [-0.1, -0.05) is 36.4 Å². The maximum Gasteiger partial charge on any atom is 0.109 e. The van der Waals surface area contributed by atoms with Gasteiger partial charge in [-0.05, 0) is 61.1 Å². The average Bonchev–Trinajstić information content (AvgIpc) is 2.51. The molecule has 3 heteroatoms. The van der Waals surface area contributed by atoms with E-state index in [1.54, 1.807) is 0 Å². The van der Waals surface area contributed by atoms with Crippen LogP contribution in [-0.2, 0) is 4.74 Å². The van der Waals surface area contributed by atoms with Crippen molar-refractivity contribution >= 4 is 0 Å². The molecule has 0 amide bonds. The predicted molar refractivity (Wildman–Crippen MR) is 94.7 cm³/mol. The van der Waals surface area contributed by atoms with E-state index in [9.17, 15) is 5.11 Å². The molecule has 0 aliphatic carbocycles. The van der Waals surface area contributed by atoms with E-state index in [-0.39, 0.29) is 19.3 Å². The summed E-state index contributed by atoms with van der Waals surface area (Å²) in [5, 5.41) is 9.83. The van der Waals surface area contributed by atoms with E-state index in [1.807, 2.05) is 0 Å². The van der Waals surface area contributed by atoms with Crippen LogP contribution in [0.25, 0.3) is 0 Å². The minimum absolute atomic E-state index is 0.196. The Balaban J connectivity index is 2.52. The molecule has 3 nitrogen and oxygen atoms in total. The van der Waals surface area contributed by atoms with Gasteiger partial charge in [0.05, 0.1) is 12.7 Å². The summed E-state index contributed by atoms with van der Waals surface area (Å²) < 4.78 is 6.16. The summed E-state index contributed by atoms with van der Waals surface area (Å²) >= 11 is 0. The van der Waals surface area contributed by atoms with Crippen molar-refractivity contribution in [3.8, 4) is 0 Å². The second-order valence-electron chi connectivity index (χ2n) is 6.21. The van der Waals surface area contributed by atoms with Crippen LogP contribution >= 0.6 is 0 Å². The van der Waals surface area contributed by atoms with E-state index < -0.39 is 6.10 Å². The van der Waals surface area contributed by atoms with Crippen LogP contribution in [-0.4, -0.2) is 24.4 Å². The monoisotopic (exact) mass is 313 g/mol. The first-order valence-electron chi connectivity index (χ1n) is 8.07. The van der Waals surface area contributed by atoms with Crippen molar-refractivity contribution in [3.63, 3.8) is 0 Å². The summed E-state index contributed by atoms with van der Waals surface area (Å²) in [7, 11) is 0. The first-order chi connectivity index (χ1) is 11.0. The van der Waals surface area contributed by atoms with E-state index in [1.165, 1.54) is 33.4 Å². The zero-order valence-electron chi connectivity index (χ0n) is 14.5. The van der Waals surface area contributed by atoms with Crippen molar-refractivity contribution < 1.29 is 9.84 Å². The molecule has 0 radical (unpaired) electrons. The normalized spacial score (nSPS) is 12.7. The number of aliphatic hydroxyl groups excluding tert-OH is 1. The van der Waals surface area contributed by atoms with Crippen molar-refractivity contribution in [1.82, 2.24) is 0 Å². The van der Waals surface area contributed by atoms with Crippen LogP contribution in [0, 0.1) is 27.7 Å². The van der Waals surface area contributed by atoms with Crippen LogP contribution < -0.4 is 5.73 Å². The lowest BCUT2D eigenvalue weighted by Gasteiger charge is -2.26. The maximum absolute atomic E-state index is 9.83. The molecule has 0 fully saturated rings. The SMILES string of the molecule is Cc1cccc(C)c1C(OCC(O)CN)c1c(C)cccc1C. The number of benzene rings is 2. The zero-order valence-corrected chi connectivity index (χ0v) is 14.5. The number of nitrogens with two attached hydrogens (primary N) is 1. The summed E-state index contributed by atoms with van der Waals surface area (Å²) in [5.41, 5.74) is 12.7. The molecule has 124 valence electrons. The Hall–Kier alpha value is -1.68. The number of aliphatic hydroxyl groups is 1. The number of rotatable bonds is 6. The molecule has 0 saturated carbocycles. The standard InChI is InChI=1S/C20H27NO2/c1-13-7-5-8-14(2)18(13)20(23-12-17(22)11-21)19-15(3)9-6-10-16(19)4/h5-10,17,20,22H,11-12,21H2,1-4H3. The Morgan fingerprint density at radius 2 is 1.26 bits per heavy atom. The third kappa shape index (κ3) is 3.99. The summed E-state index contributed by atoms with van der Waals surface area (Å²) in [6.45, 7) is 8.84. The quantitative estimate of drug-likeness (QED) is 0.860. The van der Waals surface area contributed by atoms with Gasteiger partial charge in [-0.2, -0.15) is 0 Å². The molecule has 0 aliphatic rings. The Morgan fingerprint density at radius 3 is 1.61 bits per heavy atom. The van der Waals surface area contributed by atoms with Crippen molar-refractivity contribution in [2.24, 2.45) is 5.73 Å². The van der Waals surface area contributed by atoms with E-state index >= 15 is 0 Å². The fourth-order valence-corrected chi connectivity index (χ4v) is 3.07. The third-order valence-electron chi connectivity index (χ3n) is 4.34. The number of hydrogen-bond acceptors (Lipinski definition) is 3. The lowest BCUT2D eigenvalue weighted by molar-refractivity contribution is 0.00895. The molecule has 3 N–H and O–H groups in total. The number of aryl methyl sites for hydroxylation is 4. The molecule has 0 heterocycles. The van der Waals surface area contributed by atoms with Crippen LogP contribution in [0.4, 0.5) is 0 Å². The lowest BCUT2D eigenvalue weighted by Crippen LogP contribution is -2.27. The van der Waals surface area contributed by atoms with E-state index in [4.69, 9.17) is 10.5 Å². The van der Waals surface area contributed by atoms with Crippen molar-refractivity contribution in [2.45, 2.75) is 39.9 Å². The average molecular weight is 313 g/mol. The third-order valence-corrected chi connectivity index (χ3v) is 4.34. The highest BCUT2D eigenvalue weighted by Gasteiger charge is 2.23. The zero-order chi connectivity index (χ0) is 17.0. The van der Waals surface area contributed by atoms with Crippen LogP contribution in [0.5, 0.6) is 0 Å². The van der Waals surface area contributed by atoms with Crippen molar-refractivity contribution in [1.29, 1.82) is 0 Å². The van der Waals surface area contributed by atoms with Crippen molar-refractivity contribution in [2.75, 3.05) is 13.2 Å². The lowest BCUT2D eigenvalue weighted by atomic mass is 9.88. The fraction of sp³-hybridized carbons (Fsp3) is 0.400. The van der Waals surface area contributed by atoms with Gasteiger partial charge in [0.15, 0.2) is 0 Å².